The molecule has 2 nitrogen and oxygen atoms in total. The summed E-state index contributed by atoms with van der Waals surface area (Å²) in [5, 5.41) is 3.29. The average Bonchev–Trinajstić information content (AvgIpc) is 2.43. The van der Waals surface area contributed by atoms with Crippen LogP contribution in [0.4, 0.5) is 0 Å². The van der Waals surface area contributed by atoms with Crippen molar-refractivity contribution in [2.45, 2.75) is 56.9 Å². The molecule has 108 valence electrons. The fourth-order valence-corrected chi connectivity index (χ4v) is 3.24. The lowest BCUT2D eigenvalue weighted by Crippen LogP contribution is -2.24. The molecule has 0 saturated heterocycles. The maximum absolute atomic E-state index is 12.2. The first kappa shape index (κ1) is 16.4. The van der Waals surface area contributed by atoms with E-state index >= 15 is 0 Å². The van der Waals surface area contributed by atoms with E-state index in [4.69, 9.17) is 0 Å². The fraction of sp³-hybridized carbons (Fsp3) is 0.625. The molecule has 0 aliphatic heterocycles. The summed E-state index contributed by atoms with van der Waals surface area (Å²) in [7, 11) is 1.14. The molecule has 0 radical (unpaired) electrons. The van der Waals surface area contributed by atoms with E-state index in [2.05, 4.69) is 38.2 Å². The highest BCUT2D eigenvalue weighted by Gasteiger charge is 2.07. The SMILES string of the molecule is CCC(CCCS(=O)c1ccc(C(C)C)cc1)NC. The first-order valence-electron chi connectivity index (χ1n) is 7.24. The molecular formula is C16H27NOS. The molecule has 1 rings (SSSR count). The van der Waals surface area contributed by atoms with E-state index in [9.17, 15) is 4.21 Å². The van der Waals surface area contributed by atoms with Crippen molar-refractivity contribution in [3.8, 4) is 0 Å². The predicted molar refractivity (Wildman–Crippen MR) is 84.2 cm³/mol. The van der Waals surface area contributed by atoms with Gasteiger partial charge in [0.05, 0.1) is 10.8 Å². The Morgan fingerprint density at radius 2 is 1.84 bits per heavy atom. The van der Waals surface area contributed by atoms with E-state index in [-0.39, 0.29) is 0 Å². The lowest BCUT2D eigenvalue weighted by atomic mass is 10.0. The molecule has 0 spiro atoms. The van der Waals surface area contributed by atoms with Crippen LogP contribution in [0.1, 0.15) is 51.5 Å². The van der Waals surface area contributed by atoms with Gasteiger partial charge in [0.15, 0.2) is 0 Å². The zero-order chi connectivity index (χ0) is 14.3. The molecule has 0 fully saturated rings. The van der Waals surface area contributed by atoms with Crippen molar-refractivity contribution < 1.29 is 4.21 Å². The molecule has 3 heteroatoms. The smallest absolute Gasteiger partial charge is 0.0529 e. The van der Waals surface area contributed by atoms with Crippen molar-refractivity contribution in [2.24, 2.45) is 0 Å². The lowest BCUT2D eigenvalue weighted by Gasteiger charge is -2.13. The summed E-state index contributed by atoms with van der Waals surface area (Å²) in [5.74, 6) is 1.29. The van der Waals surface area contributed by atoms with Crippen LogP contribution in [0.2, 0.25) is 0 Å². The summed E-state index contributed by atoms with van der Waals surface area (Å²) >= 11 is 0. The zero-order valence-electron chi connectivity index (χ0n) is 12.6. The van der Waals surface area contributed by atoms with Crippen molar-refractivity contribution in [1.29, 1.82) is 0 Å². The Labute approximate surface area is 120 Å². The van der Waals surface area contributed by atoms with Gasteiger partial charge in [0.25, 0.3) is 0 Å². The molecule has 0 bridgehead atoms. The van der Waals surface area contributed by atoms with Crippen molar-refractivity contribution in [3.05, 3.63) is 29.8 Å². The van der Waals surface area contributed by atoms with E-state index in [1.165, 1.54) is 5.56 Å². The second-order valence-corrected chi connectivity index (χ2v) is 6.88. The largest absolute Gasteiger partial charge is 0.317 e. The van der Waals surface area contributed by atoms with Gasteiger partial charge in [-0.15, -0.1) is 0 Å². The van der Waals surface area contributed by atoms with Gasteiger partial charge in [-0.05, 0) is 49.9 Å². The number of benzene rings is 1. The second-order valence-electron chi connectivity index (χ2n) is 5.31. The average molecular weight is 281 g/mol. The van der Waals surface area contributed by atoms with Crippen LogP contribution in [0.5, 0.6) is 0 Å². The minimum absolute atomic E-state index is 0.531. The molecule has 0 heterocycles. The maximum atomic E-state index is 12.2. The molecule has 0 aromatic heterocycles. The monoisotopic (exact) mass is 281 g/mol. The number of hydrogen-bond acceptors (Lipinski definition) is 2. The van der Waals surface area contributed by atoms with Gasteiger partial charge < -0.3 is 5.32 Å². The van der Waals surface area contributed by atoms with Crippen molar-refractivity contribution >= 4 is 10.8 Å². The second kappa shape index (κ2) is 8.49. The van der Waals surface area contributed by atoms with Crippen LogP contribution in [-0.4, -0.2) is 23.1 Å². The van der Waals surface area contributed by atoms with Crippen LogP contribution >= 0.6 is 0 Å². The van der Waals surface area contributed by atoms with Crippen LogP contribution in [0.15, 0.2) is 29.2 Å². The van der Waals surface area contributed by atoms with E-state index in [0.29, 0.717) is 12.0 Å². The molecular weight excluding hydrogens is 254 g/mol. The molecule has 1 aromatic carbocycles. The molecule has 0 aliphatic carbocycles. The van der Waals surface area contributed by atoms with Gasteiger partial charge in [-0.3, -0.25) is 4.21 Å². The Morgan fingerprint density at radius 3 is 2.32 bits per heavy atom. The number of nitrogens with one attached hydrogen (secondary N) is 1. The lowest BCUT2D eigenvalue weighted by molar-refractivity contribution is 0.503. The van der Waals surface area contributed by atoms with E-state index in [1.54, 1.807) is 0 Å². The fourth-order valence-electron chi connectivity index (χ4n) is 2.14. The third-order valence-corrected chi connectivity index (χ3v) is 5.05. The third-order valence-electron chi connectivity index (χ3n) is 3.59. The summed E-state index contributed by atoms with van der Waals surface area (Å²) in [6.07, 6.45) is 3.24. The normalized spacial score (nSPS) is 14.6. The first-order chi connectivity index (χ1) is 9.08. The van der Waals surface area contributed by atoms with Crippen LogP contribution in [0.25, 0.3) is 0 Å². The highest BCUT2D eigenvalue weighted by atomic mass is 32.2. The molecule has 19 heavy (non-hydrogen) atoms. The summed E-state index contributed by atoms with van der Waals surface area (Å²) < 4.78 is 12.2. The summed E-state index contributed by atoms with van der Waals surface area (Å²) in [4.78, 5) is 0.960. The maximum Gasteiger partial charge on any atom is 0.0529 e. The first-order valence-corrected chi connectivity index (χ1v) is 8.56. The van der Waals surface area contributed by atoms with Crippen molar-refractivity contribution in [3.63, 3.8) is 0 Å². The standard InChI is InChI=1S/C16H27NOS/c1-5-15(17-4)7-6-12-19(18)16-10-8-14(9-11-16)13(2)3/h8-11,13,15,17H,5-7,12H2,1-4H3. The van der Waals surface area contributed by atoms with E-state index < -0.39 is 10.8 Å². The Balaban J connectivity index is 2.45. The van der Waals surface area contributed by atoms with E-state index in [0.717, 1.165) is 29.9 Å². The van der Waals surface area contributed by atoms with Crippen LogP contribution < -0.4 is 5.32 Å². The zero-order valence-corrected chi connectivity index (χ0v) is 13.4. The minimum Gasteiger partial charge on any atom is -0.317 e. The van der Waals surface area contributed by atoms with Gasteiger partial charge in [-0.25, -0.2) is 0 Å². The van der Waals surface area contributed by atoms with Crippen molar-refractivity contribution in [2.75, 3.05) is 12.8 Å². The Bertz CT molecular complexity index is 382. The van der Waals surface area contributed by atoms with E-state index in [1.807, 2.05) is 19.2 Å². The summed E-state index contributed by atoms with van der Waals surface area (Å²) in [5.41, 5.74) is 1.31. The van der Waals surface area contributed by atoms with Crippen molar-refractivity contribution in [1.82, 2.24) is 5.32 Å². The van der Waals surface area contributed by atoms with Crippen LogP contribution in [0, 0.1) is 0 Å². The van der Waals surface area contributed by atoms with Gasteiger partial charge in [0.1, 0.15) is 0 Å². The Hall–Kier alpha value is -0.670. The van der Waals surface area contributed by atoms with Gasteiger partial charge >= 0.3 is 0 Å². The highest BCUT2D eigenvalue weighted by molar-refractivity contribution is 7.85. The quantitative estimate of drug-likeness (QED) is 0.787. The summed E-state index contributed by atoms with van der Waals surface area (Å²) in [6, 6.07) is 8.78. The molecule has 0 saturated carbocycles. The van der Waals surface area contributed by atoms with Gasteiger partial charge in [0, 0.05) is 16.7 Å². The van der Waals surface area contributed by atoms with Gasteiger partial charge in [-0.2, -0.15) is 0 Å². The molecule has 1 N–H and O–H groups in total. The predicted octanol–water partition coefficient (Wildman–Crippen LogP) is 3.70. The number of rotatable bonds is 8. The molecule has 2 atom stereocenters. The third kappa shape index (κ3) is 5.45. The molecule has 0 amide bonds. The topological polar surface area (TPSA) is 29.1 Å². The summed E-state index contributed by atoms with van der Waals surface area (Å²) in [6.45, 7) is 6.53. The molecule has 0 aliphatic rings. The number of hydrogen-bond donors (Lipinski definition) is 1. The van der Waals surface area contributed by atoms with Gasteiger partial charge in [-0.1, -0.05) is 32.9 Å². The van der Waals surface area contributed by atoms with Crippen LogP contribution in [-0.2, 0) is 10.8 Å². The van der Waals surface area contributed by atoms with Gasteiger partial charge in [0.2, 0.25) is 0 Å². The Kier molecular flexibility index (Phi) is 7.32. The highest BCUT2D eigenvalue weighted by Crippen LogP contribution is 2.17. The minimum atomic E-state index is -0.853. The Morgan fingerprint density at radius 1 is 1.21 bits per heavy atom. The molecule has 1 aromatic rings. The van der Waals surface area contributed by atoms with Crippen LogP contribution in [0.3, 0.4) is 0 Å². The molecule has 2 unspecified atom stereocenters.